The second-order valence-corrected chi connectivity index (χ2v) is 5.65. The molecule has 0 aliphatic heterocycles. The molecular formula is C12H16N4O3S. The number of nitrogens with two attached hydrogens (primary N) is 1. The van der Waals surface area contributed by atoms with Crippen LogP contribution in [0.5, 0.6) is 0 Å². The highest BCUT2D eigenvalue weighted by molar-refractivity contribution is 7.99. The van der Waals surface area contributed by atoms with Gasteiger partial charge in [-0.15, -0.1) is 0 Å². The molecule has 0 spiro atoms. The van der Waals surface area contributed by atoms with Crippen LogP contribution >= 0.6 is 11.8 Å². The smallest absolute Gasteiger partial charge is 0.339 e. The summed E-state index contributed by atoms with van der Waals surface area (Å²) >= 11 is 1.28. The third kappa shape index (κ3) is 3.02. The van der Waals surface area contributed by atoms with Gasteiger partial charge in [0.2, 0.25) is 0 Å². The van der Waals surface area contributed by atoms with Crippen molar-refractivity contribution in [3.63, 3.8) is 0 Å². The third-order valence-electron chi connectivity index (χ3n) is 2.70. The first kappa shape index (κ1) is 14.6. The van der Waals surface area contributed by atoms with Crippen LogP contribution in [0.15, 0.2) is 31.3 Å². The van der Waals surface area contributed by atoms with Crippen LogP contribution in [0.3, 0.4) is 0 Å². The van der Waals surface area contributed by atoms with Crippen LogP contribution in [0.4, 0.5) is 0 Å². The van der Waals surface area contributed by atoms with Crippen LogP contribution < -0.4 is 16.9 Å². The van der Waals surface area contributed by atoms with Crippen molar-refractivity contribution >= 4 is 11.8 Å². The van der Waals surface area contributed by atoms with E-state index in [0.29, 0.717) is 10.9 Å². The molecule has 0 amide bonds. The van der Waals surface area contributed by atoms with Crippen molar-refractivity contribution in [2.24, 2.45) is 12.8 Å². The van der Waals surface area contributed by atoms with Crippen LogP contribution in [0, 0.1) is 6.92 Å². The van der Waals surface area contributed by atoms with E-state index in [0.717, 1.165) is 5.76 Å². The first-order valence-electron chi connectivity index (χ1n) is 6.04. The zero-order valence-electron chi connectivity index (χ0n) is 11.4. The molecule has 0 aromatic carbocycles. The molecule has 0 fully saturated rings. The van der Waals surface area contributed by atoms with E-state index in [1.165, 1.54) is 16.4 Å². The zero-order valence-corrected chi connectivity index (χ0v) is 12.2. The van der Waals surface area contributed by atoms with Crippen molar-refractivity contribution in [1.29, 1.82) is 0 Å². The van der Waals surface area contributed by atoms with E-state index in [2.05, 4.69) is 10.1 Å². The predicted molar refractivity (Wildman–Crippen MR) is 75.8 cm³/mol. The number of aromatic nitrogens is 3. The molecule has 2 aromatic rings. The average molecular weight is 296 g/mol. The number of rotatable bonds is 4. The Morgan fingerprint density at radius 3 is 2.70 bits per heavy atom. The normalized spacial score (nSPS) is 14.2. The first-order valence-corrected chi connectivity index (χ1v) is 6.92. The van der Waals surface area contributed by atoms with E-state index in [-0.39, 0.29) is 11.3 Å². The van der Waals surface area contributed by atoms with Gasteiger partial charge in [0.25, 0.3) is 0 Å². The predicted octanol–water partition coefficient (Wildman–Crippen LogP) is 0.551. The molecule has 0 saturated heterocycles. The summed E-state index contributed by atoms with van der Waals surface area (Å²) in [5.41, 5.74) is 4.41. The van der Waals surface area contributed by atoms with Gasteiger partial charge in [0.15, 0.2) is 5.16 Å². The molecule has 0 saturated carbocycles. The highest BCUT2D eigenvalue weighted by Gasteiger charge is 2.23. The maximum atomic E-state index is 11.3. The van der Waals surface area contributed by atoms with Crippen LogP contribution in [-0.2, 0) is 7.05 Å². The number of nitrogens with zero attached hydrogens (tertiary/aromatic N) is 2. The van der Waals surface area contributed by atoms with E-state index in [9.17, 15) is 9.59 Å². The maximum Gasteiger partial charge on any atom is 0.339 e. The second kappa shape index (κ2) is 5.68. The summed E-state index contributed by atoms with van der Waals surface area (Å²) in [4.78, 5) is 26.3. The lowest BCUT2D eigenvalue weighted by Gasteiger charge is -2.18. The molecule has 3 N–H and O–H groups in total. The maximum absolute atomic E-state index is 11.3. The van der Waals surface area contributed by atoms with Gasteiger partial charge < -0.3 is 10.2 Å². The van der Waals surface area contributed by atoms with Crippen molar-refractivity contribution < 1.29 is 4.42 Å². The fourth-order valence-electron chi connectivity index (χ4n) is 1.71. The SMILES string of the molecule is Cc1ccc(C(Sc2nc(=O)c(=O)[nH]n2C)C(C)N)o1. The summed E-state index contributed by atoms with van der Waals surface area (Å²) in [6, 6.07) is 3.49. The summed E-state index contributed by atoms with van der Waals surface area (Å²) in [7, 11) is 1.61. The first-order chi connectivity index (χ1) is 9.38. The van der Waals surface area contributed by atoms with Crippen molar-refractivity contribution in [2.75, 3.05) is 0 Å². The van der Waals surface area contributed by atoms with Gasteiger partial charge in [-0.25, -0.2) is 0 Å². The second-order valence-electron chi connectivity index (χ2n) is 4.55. The van der Waals surface area contributed by atoms with Gasteiger partial charge in [0.05, 0.1) is 5.25 Å². The minimum Gasteiger partial charge on any atom is -0.465 e. The molecule has 8 heteroatoms. The number of hydrogen-bond acceptors (Lipinski definition) is 6. The Morgan fingerprint density at radius 2 is 2.15 bits per heavy atom. The van der Waals surface area contributed by atoms with Gasteiger partial charge in [-0.1, -0.05) is 11.8 Å². The molecule has 0 radical (unpaired) electrons. The van der Waals surface area contributed by atoms with E-state index < -0.39 is 11.1 Å². The van der Waals surface area contributed by atoms with Gasteiger partial charge in [0, 0.05) is 13.1 Å². The Labute approximate surface area is 119 Å². The van der Waals surface area contributed by atoms with Gasteiger partial charge in [-0.2, -0.15) is 4.98 Å². The third-order valence-corrected chi connectivity index (χ3v) is 4.19. The summed E-state index contributed by atoms with van der Waals surface area (Å²) in [6.45, 7) is 3.69. The Hall–Kier alpha value is -1.80. The monoisotopic (exact) mass is 296 g/mol. The minimum atomic E-state index is -0.815. The summed E-state index contributed by atoms with van der Waals surface area (Å²) < 4.78 is 6.99. The molecule has 2 aromatic heterocycles. The van der Waals surface area contributed by atoms with Crippen molar-refractivity contribution in [1.82, 2.24) is 14.8 Å². The van der Waals surface area contributed by atoms with Crippen molar-refractivity contribution in [2.45, 2.75) is 30.3 Å². The van der Waals surface area contributed by atoms with Crippen LogP contribution in [0.2, 0.25) is 0 Å². The van der Waals surface area contributed by atoms with Crippen LogP contribution in [0.25, 0.3) is 0 Å². The fraction of sp³-hybridized carbons (Fsp3) is 0.417. The summed E-state index contributed by atoms with van der Waals surface area (Å²) in [6.07, 6.45) is 0. The summed E-state index contributed by atoms with van der Waals surface area (Å²) in [5, 5.41) is 2.58. The molecule has 2 rings (SSSR count). The number of thioether (sulfide) groups is 1. The number of nitrogens with one attached hydrogen (secondary N) is 1. The van der Waals surface area contributed by atoms with Crippen molar-refractivity contribution in [3.8, 4) is 0 Å². The molecule has 2 heterocycles. The number of H-pyrrole nitrogens is 1. The Kier molecular flexibility index (Phi) is 4.15. The molecule has 0 bridgehead atoms. The van der Waals surface area contributed by atoms with Gasteiger partial charge in [-0.3, -0.25) is 19.4 Å². The molecule has 0 aliphatic rings. The molecule has 2 atom stereocenters. The van der Waals surface area contributed by atoms with E-state index in [1.54, 1.807) is 7.05 Å². The van der Waals surface area contributed by atoms with Crippen molar-refractivity contribution in [3.05, 3.63) is 44.4 Å². The zero-order chi connectivity index (χ0) is 14.9. The molecule has 108 valence electrons. The van der Waals surface area contributed by atoms with Crippen LogP contribution in [-0.4, -0.2) is 20.8 Å². The Balaban J connectivity index is 2.36. The van der Waals surface area contributed by atoms with Gasteiger partial charge >= 0.3 is 11.1 Å². The van der Waals surface area contributed by atoms with E-state index in [1.807, 2.05) is 26.0 Å². The fourth-order valence-corrected chi connectivity index (χ4v) is 2.73. The van der Waals surface area contributed by atoms with E-state index in [4.69, 9.17) is 10.2 Å². The number of furan rings is 1. The molecule has 0 aliphatic carbocycles. The number of aromatic amines is 1. The average Bonchev–Trinajstić information content (AvgIpc) is 2.78. The Bertz CT molecular complexity index is 716. The molecule has 20 heavy (non-hydrogen) atoms. The largest absolute Gasteiger partial charge is 0.465 e. The molecular weight excluding hydrogens is 280 g/mol. The van der Waals surface area contributed by atoms with Crippen LogP contribution in [0.1, 0.15) is 23.7 Å². The number of aryl methyl sites for hydroxylation is 2. The van der Waals surface area contributed by atoms with E-state index >= 15 is 0 Å². The van der Waals surface area contributed by atoms with Gasteiger partial charge in [-0.05, 0) is 26.0 Å². The minimum absolute atomic E-state index is 0.201. The quantitative estimate of drug-likeness (QED) is 0.630. The highest BCUT2D eigenvalue weighted by atomic mass is 32.2. The van der Waals surface area contributed by atoms with Gasteiger partial charge in [0.1, 0.15) is 11.5 Å². The standard InChI is InChI=1S/C12H16N4O3S/c1-6-4-5-8(19-6)9(7(2)13)20-12-14-10(17)11(18)15-16(12)3/h4-5,7,9H,13H2,1-3H3,(H,15,18). The highest BCUT2D eigenvalue weighted by Crippen LogP contribution is 2.36. The lowest BCUT2D eigenvalue weighted by Crippen LogP contribution is -2.34. The number of hydrogen-bond donors (Lipinski definition) is 2. The summed E-state index contributed by atoms with van der Waals surface area (Å²) in [5.74, 6) is 1.50. The lowest BCUT2D eigenvalue weighted by molar-refractivity contribution is 0.463. The lowest BCUT2D eigenvalue weighted by atomic mass is 10.2. The topological polar surface area (TPSA) is 107 Å². The molecule has 2 unspecified atom stereocenters. The Morgan fingerprint density at radius 1 is 1.45 bits per heavy atom. The molecule has 7 nitrogen and oxygen atoms in total.